The molecule has 30 heavy (non-hydrogen) atoms. The first kappa shape index (κ1) is 18.9. The van der Waals surface area contributed by atoms with Crippen LogP contribution in [0.5, 0.6) is 0 Å². The number of hydrogen-bond donors (Lipinski definition) is 1. The standard InChI is InChI=1S/C23H26N6O/c24-14-17-4-6-19(7-5-17)28-11-9-27(10-12-28)16-18-13-20-22(25-15-18)29-8-2-1-3-21(29)23(30)26-20/h4-7,13,15,21H,1-3,8-12,16H2,(H,26,30)/t21-/m0/s1. The van der Waals surface area contributed by atoms with Crippen LogP contribution in [0.25, 0.3) is 0 Å². The Balaban J connectivity index is 1.23. The molecule has 0 bridgehead atoms. The lowest BCUT2D eigenvalue weighted by molar-refractivity contribution is -0.118. The summed E-state index contributed by atoms with van der Waals surface area (Å²) in [6, 6.07) is 12.0. The molecule has 5 rings (SSSR count). The van der Waals surface area contributed by atoms with Crippen molar-refractivity contribution in [1.82, 2.24) is 9.88 Å². The number of nitrogens with one attached hydrogen (secondary N) is 1. The maximum absolute atomic E-state index is 12.5. The Kier molecular flexibility index (Phi) is 5.01. The van der Waals surface area contributed by atoms with Crippen molar-refractivity contribution >= 4 is 23.1 Å². The minimum Gasteiger partial charge on any atom is -0.369 e. The van der Waals surface area contributed by atoms with Crippen LogP contribution in [-0.2, 0) is 11.3 Å². The van der Waals surface area contributed by atoms with Gasteiger partial charge in [0.15, 0.2) is 5.82 Å². The highest BCUT2D eigenvalue weighted by Gasteiger charge is 2.35. The van der Waals surface area contributed by atoms with Gasteiger partial charge in [-0.05, 0) is 55.2 Å². The average Bonchev–Trinajstić information content (AvgIpc) is 2.80. The van der Waals surface area contributed by atoms with Crippen molar-refractivity contribution in [2.45, 2.75) is 31.8 Å². The van der Waals surface area contributed by atoms with E-state index in [9.17, 15) is 4.79 Å². The molecule has 154 valence electrons. The third-order valence-corrected chi connectivity index (χ3v) is 6.40. The fraction of sp³-hybridized carbons (Fsp3) is 0.435. The molecule has 2 aromatic rings. The highest BCUT2D eigenvalue weighted by atomic mass is 16.2. The molecule has 3 aliphatic heterocycles. The molecular weight excluding hydrogens is 376 g/mol. The second kappa shape index (κ2) is 7.96. The lowest BCUT2D eigenvalue weighted by atomic mass is 9.99. The molecule has 0 spiro atoms. The van der Waals surface area contributed by atoms with Gasteiger partial charge >= 0.3 is 0 Å². The minimum absolute atomic E-state index is 0.0556. The molecule has 0 unspecified atom stereocenters. The van der Waals surface area contributed by atoms with Crippen molar-refractivity contribution < 1.29 is 4.79 Å². The number of nitriles is 1. The van der Waals surface area contributed by atoms with Gasteiger partial charge in [-0.25, -0.2) is 4.98 Å². The molecule has 0 aliphatic carbocycles. The maximum atomic E-state index is 12.5. The fourth-order valence-corrected chi connectivity index (χ4v) is 4.75. The minimum atomic E-state index is -0.0556. The molecule has 1 amide bonds. The summed E-state index contributed by atoms with van der Waals surface area (Å²) in [7, 11) is 0. The zero-order chi connectivity index (χ0) is 20.5. The van der Waals surface area contributed by atoms with Gasteiger partial charge in [0.1, 0.15) is 6.04 Å². The van der Waals surface area contributed by atoms with Crippen molar-refractivity contribution in [2.75, 3.05) is 47.8 Å². The molecule has 0 saturated carbocycles. The van der Waals surface area contributed by atoms with E-state index in [1.54, 1.807) is 0 Å². The van der Waals surface area contributed by atoms with Crippen LogP contribution < -0.4 is 15.1 Å². The van der Waals surface area contributed by atoms with Crippen molar-refractivity contribution in [3.8, 4) is 6.07 Å². The Bertz CT molecular complexity index is 974. The molecule has 7 nitrogen and oxygen atoms in total. The molecule has 0 radical (unpaired) electrons. The SMILES string of the molecule is N#Cc1ccc(N2CCN(Cc3cnc4c(c3)NC(=O)[C@@H]3CCCCN43)CC2)cc1. The van der Waals surface area contributed by atoms with Gasteiger partial charge in [0.2, 0.25) is 5.91 Å². The van der Waals surface area contributed by atoms with Crippen LogP contribution in [0.1, 0.15) is 30.4 Å². The highest BCUT2D eigenvalue weighted by Crippen LogP contribution is 2.34. The second-order valence-corrected chi connectivity index (χ2v) is 8.33. The smallest absolute Gasteiger partial charge is 0.247 e. The van der Waals surface area contributed by atoms with Crippen LogP contribution in [0.15, 0.2) is 36.5 Å². The number of carbonyl (C=O) groups excluding carboxylic acids is 1. The van der Waals surface area contributed by atoms with E-state index < -0.39 is 0 Å². The number of anilines is 3. The molecule has 1 N–H and O–H groups in total. The summed E-state index contributed by atoms with van der Waals surface area (Å²) >= 11 is 0. The van der Waals surface area contributed by atoms with Gasteiger partial charge in [-0.15, -0.1) is 0 Å². The Morgan fingerprint density at radius 3 is 2.67 bits per heavy atom. The third kappa shape index (κ3) is 3.59. The number of fused-ring (bicyclic) bond motifs is 3. The van der Waals surface area contributed by atoms with Gasteiger partial charge < -0.3 is 15.1 Å². The second-order valence-electron chi connectivity index (χ2n) is 8.33. The number of piperazine rings is 1. The van der Waals surface area contributed by atoms with Gasteiger partial charge in [-0.3, -0.25) is 9.69 Å². The van der Waals surface area contributed by atoms with Crippen LogP contribution in [0.2, 0.25) is 0 Å². The summed E-state index contributed by atoms with van der Waals surface area (Å²) in [6.45, 7) is 5.59. The number of benzene rings is 1. The molecule has 1 aromatic heterocycles. The van der Waals surface area contributed by atoms with E-state index >= 15 is 0 Å². The maximum Gasteiger partial charge on any atom is 0.247 e. The van der Waals surface area contributed by atoms with Crippen LogP contribution in [0.3, 0.4) is 0 Å². The third-order valence-electron chi connectivity index (χ3n) is 6.40. The lowest BCUT2D eigenvalue weighted by Crippen LogP contribution is -2.51. The number of nitrogens with zero attached hydrogens (tertiary/aromatic N) is 5. The van der Waals surface area contributed by atoms with E-state index in [-0.39, 0.29) is 11.9 Å². The van der Waals surface area contributed by atoms with Gasteiger partial charge in [0, 0.05) is 51.2 Å². The van der Waals surface area contributed by atoms with Gasteiger partial charge in [0.25, 0.3) is 0 Å². The van der Waals surface area contributed by atoms with Gasteiger partial charge in [-0.2, -0.15) is 5.26 Å². The summed E-state index contributed by atoms with van der Waals surface area (Å²) in [4.78, 5) is 24.2. The highest BCUT2D eigenvalue weighted by molar-refractivity contribution is 6.02. The quantitative estimate of drug-likeness (QED) is 0.851. The largest absolute Gasteiger partial charge is 0.369 e. The first-order valence-electron chi connectivity index (χ1n) is 10.8. The van der Waals surface area contributed by atoms with Gasteiger partial charge in [0.05, 0.1) is 17.3 Å². The van der Waals surface area contributed by atoms with Crippen LogP contribution in [-0.4, -0.2) is 54.6 Å². The Labute approximate surface area is 176 Å². The molecule has 1 aromatic carbocycles. The van der Waals surface area contributed by atoms with E-state index in [2.05, 4.69) is 32.2 Å². The molecular formula is C23H26N6O. The van der Waals surface area contributed by atoms with Crippen molar-refractivity contribution in [3.63, 3.8) is 0 Å². The van der Waals surface area contributed by atoms with Crippen LogP contribution >= 0.6 is 0 Å². The van der Waals surface area contributed by atoms with E-state index in [4.69, 9.17) is 10.2 Å². The predicted octanol–water partition coefficient (Wildman–Crippen LogP) is 2.59. The van der Waals surface area contributed by atoms with E-state index in [0.717, 1.165) is 75.6 Å². The molecule has 2 saturated heterocycles. The lowest BCUT2D eigenvalue weighted by Gasteiger charge is -2.40. The number of amides is 1. The number of pyridine rings is 1. The molecule has 3 aliphatic rings. The molecule has 7 heteroatoms. The fourth-order valence-electron chi connectivity index (χ4n) is 4.75. The number of hydrogen-bond acceptors (Lipinski definition) is 6. The number of carbonyl (C=O) groups is 1. The van der Waals surface area contributed by atoms with Crippen LogP contribution in [0, 0.1) is 11.3 Å². The summed E-state index contributed by atoms with van der Waals surface area (Å²) in [6.07, 6.45) is 5.11. The first-order chi connectivity index (χ1) is 14.7. The van der Waals surface area contributed by atoms with Gasteiger partial charge in [-0.1, -0.05) is 0 Å². The van der Waals surface area contributed by atoms with E-state index in [1.807, 2.05) is 30.5 Å². The Morgan fingerprint density at radius 2 is 1.90 bits per heavy atom. The summed E-state index contributed by atoms with van der Waals surface area (Å²) < 4.78 is 0. The normalized spacial score (nSPS) is 21.4. The Hall–Kier alpha value is -3.11. The van der Waals surface area contributed by atoms with E-state index in [0.29, 0.717) is 5.56 Å². The molecule has 4 heterocycles. The number of rotatable bonds is 3. The number of aromatic nitrogens is 1. The van der Waals surface area contributed by atoms with E-state index in [1.165, 1.54) is 5.69 Å². The first-order valence-corrected chi connectivity index (χ1v) is 10.8. The zero-order valence-corrected chi connectivity index (χ0v) is 17.0. The topological polar surface area (TPSA) is 75.5 Å². The predicted molar refractivity (Wildman–Crippen MR) is 116 cm³/mol. The van der Waals surface area contributed by atoms with Crippen LogP contribution in [0.4, 0.5) is 17.2 Å². The van der Waals surface area contributed by atoms with Crippen molar-refractivity contribution in [1.29, 1.82) is 5.26 Å². The zero-order valence-electron chi connectivity index (χ0n) is 17.0. The summed E-state index contributed by atoms with van der Waals surface area (Å²) in [5.74, 6) is 1.03. The van der Waals surface area contributed by atoms with Crippen molar-refractivity contribution in [2.24, 2.45) is 0 Å². The number of piperidine rings is 1. The summed E-state index contributed by atoms with van der Waals surface area (Å²) in [5, 5.41) is 12.0. The Morgan fingerprint density at radius 1 is 1.10 bits per heavy atom. The monoisotopic (exact) mass is 402 g/mol. The van der Waals surface area contributed by atoms with Crippen molar-refractivity contribution in [3.05, 3.63) is 47.7 Å². The average molecular weight is 403 g/mol. The summed E-state index contributed by atoms with van der Waals surface area (Å²) in [5.41, 5.74) is 3.85. The molecule has 2 fully saturated rings. The molecule has 1 atom stereocenters.